The van der Waals surface area contributed by atoms with Crippen LogP contribution in [0.5, 0.6) is 0 Å². The average Bonchev–Trinajstić information content (AvgIpc) is 2.22. The Morgan fingerprint density at radius 3 is 2.36 bits per heavy atom. The summed E-state index contributed by atoms with van der Waals surface area (Å²) in [6.45, 7) is 11.0. The Hall–Kier alpha value is -1.08. The van der Waals surface area contributed by atoms with Gasteiger partial charge in [0.25, 0.3) is 0 Å². The van der Waals surface area contributed by atoms with E-state index in [4.69, 9.17) is 4.74 Å². The largest absolute Gasteiger partial charge is 0.380 e. The van der Waals surface area contributed by atoms with Crippen molar-refractivity contribution in [2.75, 3.05) is 7.11 Å². The summed E-state index contributed by atoms with van der Waals surface area (Å²) in [5.74, 6) is 0. The fourth-order valence-corrected chi connectivity index (χ4v) is 1.39. The Balaban J connectivity index is 0.000000791. The van der Waals surface area contributed by atoms with Gasteiger partial charge >= 0.3 is 0 Å². The second-order valence-corrected chi connectivity index (χ2v) is 3.06. The van der Waals surface area contributed by atoms with E-state index in [1.54, 1.807) is 7.11 Å². The van der Waals surface area contributed by atoms with Gasteiger partial charge in [0, 0.05) is 7.11 Å². The van der Waals surface area contributed by atoms with E-state index in [9.17, 15) is 0 Å². The first-order chi connectivity index (χ1) is 6.77. The van der Waals surface area contributed by atoms with E-state index in [0.717, 1.165) is 13.0 Å². The maximum atomic E-state index is 5.13. The summed E-state index contributed by atoms with van der Waals surface area (Å²) in [7, 11) is 1.74. The third-order valence-corrected chi connectivity index (χ3v) is 2.04. The summed E-state index contributed by atoms with van der Waals surface area (Å²) in [4.78, 5) is 0. The third-order valence-electron chi connectivity index (χ3n) is 2.04. The fraction of sp³-hybridized carbons (Fsp3) is 0.385. The maximum absolute atomic E-state index is 5.13. The first kappa shape index (κ1) is 12.9. The molecular formula is C13H20O. The molecule has 1 aromatic rings. The van der Waals surface area contributed by atoms with Gasteiger partial charge < -0.3 is 4.74 Å². The fourth-order valence-electron chi connectivity index (χ4n) is 1.39. The number of ether oxygens (including phenoxy) is 1. The van der Waals surface area contributed by atoms with Crippen molar-refractivity contribution in [1.82, 2.24) is 0 Å². The van der Waals surface area contributed by atoms with E-state index in [0.29, 0.717) is 0 Å². The second kappa shape index (κ2) is 7.34. The molecular weight excluding hydrogens is 172 g/mol. The molecule has 0 fully saturated rings. The van der Waals surface area contributed by atoms with Gasteiger partial charge in [-0.15, -0.1) is 13.2 Å². The first-order valence-corrected chi connectivity index (χ1v) is 4.85. The van der Waals surface area contributed by atoms with Gasteiger partial charge in [0.2, 0.25) is 0 Å². The lowest BCUT2D eigenvalue weighted by Crippen LogP contribution is -1.95. The third kappa shape index (κ3) is 3.75. The SMILES string of the molecule is C=C.CCc1ccc(C)cc1COC. The molecule has 1 nitrogen and oxygen atoms in total. The Labute approximate surface area is 87.4 Å². The van der Waals surface area contributed by atoms with Crippen LogP contribution < -0.4 is 0 Å². The van der Waals surface area contributed by atoms with Crippen molar-refractivity contribution in [3.8, 4) is 0 Å². The molecule has 0 atom stereocenters. The van der Waals surface area contributed by atoms with Gasteiger partial charge in [-0.3, -0.25) is 0 Å². The second-order valence-electron chi connectivity index (χ2n) is 3.06. The van der Waals surface area contributed by atoms with E-state index in [2.05, 4.69) is 45.2 Å². The standard InChI is InChI=1S/C11H16O.C2H4/c1-4-10-6-5-9(2)7-11(10)8-12-3;1-2/h5-7H,4,8H2,1-3H3;1-2H2. The normalized spacial score (nSPS) is 9.07. The molecule has 0 saturated heterocycles. The van der Waals surface area contributed by atoms with Crippen LogP contribution in [-0.4, -0.2) is 7.11 Å². The number of rotatable bonds is 3. The number of benzene rings is 1. The molecule has 0 N–H and O–H groups in total. The molecule has 0 heterocycles. The van der Waals surface area contributed by atoms with Crippen molar-refractivity contribution in [3.05, 3.63) is 48.0 Å². The summed E-state index contributed by atoms with van der Waals surface area (Å²) in [5.41, 5.74) is 4.02. The molecule has 0 spiro atoms. The summed E-state index contributed by atoms with van der Waals surface area (Å²) in [5, 5.41) is 0. The first-order valence-electron chi connectivity index (χ1n) is 4.85. The van der Waals surface area contributed by atoms with Gasteiger partial charge in [0.05, 0.1) is 6.61 Å². The molecule has 0 radical (unpaired) electrons. The monoisotopic (exact) mass is 192 g/mol. The molecule has 1 heteroatoms. The summed E-state index contributed by atoms with van der Waals surface area (Å²) < 4.78 is 5.13. The zero-order chi connectivity index (χ0) is 11.0. The molecule has 0 aromatic heterocycles. The molecule has 0 bridgehead atoms. The molecule has 1 rings (SSSR count). The Kier molecular flexibility index (Phi) is 6.77. The zero-order valence-corrected chi connectivity index (χ0v) is 9.47. The van der Waals surface area contributed by atoms with Gasteiger partial charge in [0.1, 0.15) is 0 Å². The Morgan fingerprint density at radius 2 is 1.86 bits per heavy atom. The lowest BCUT2D eigenvalue weighted by Gasteiger charge is -2.07. The van der Waals surface area contributed by atoms with Gasteiger partial charge in [-0.1, -0.05) is 30.7 Å². The highest BCUT2D eigenvalue weighted by Gasteiger charge is 1.99. The van der Waals surface area contributed by atoms with Crippen LogP contribution in [0, 0.1) is 6.92 Å². The minimum atomic E-state index is 0.727. The van der Waals surface area contributed by atoms with Crippen LogP contribution in [0.2, 0.25) is 0 Å². The summed E-state index contributed by atoms with van der Waals surface area (Å²) in [6.07, 6.45) is 1.08. The minimum Gasteiger partial charge on any atom is -0.380 e. The van der Waals surface area contributed by atoms with E-state index in [1.165, 1.54) is 16.7 Å². The highest BCUT2D eigenvalue weighted by atomic mass is 16.5. The van der Waals surface area contributed by atoms with Crippen LogP contribution in [0.15, 0.2) is 31.4 Å². The maximum Gasteiger partial charge on any atom is 0.0715 e. The van der Waals surface area contributed by atoms with Gasteiger partial charge in [-0.05, 0) is 24.5 Å². The van der Waals surface area contributed by atoms with E-state index >= 15 is 0 Å². The molecule has 0 aliphatic rings. The molecule has 78 valence electrons. The van der Waals surface area contributed by atoms with Crippen molar-refractivity contribution in [2.45, 2.75) is 26.9 Å². The topological polar surface area (TPSA) is 9.23 Å². The van der Waals surface area contributed by atoms with Crippen molar-refractivity contribution in [3.63, 3.8) is 0 Å². The number of hydrogen-bond donors (Lipinski definition) is 0. The molecule has 0 saturated carbocycles. The van der Waals surface area contributed by atoms with Crippen LogP contribution in [0.4, 0.5) is 0 Å². The molecule has 0 unspecified atom stereocenters. The van der Waals surface area contributed by atoms with E-state index in [1.807, 2.05) is 0 Å². The number of hydrogen-bond acceptors (Lipinski definition) is 1. The van der Waals surface area contributed by atoms with Crippen LogP contribution in [0.25, 0.3) is 0 Å². The van der Waals surface area contributed by atoms with Crippen molar-refractivity contribution in [1.29, 1.82) is 0 Å². The lowest BCUT2D eigenvalue weighted by atomic mass is 10.0. The highest BCUT2D eigenvalue weighted by Crippen LogP contribution is 2.13. The van der Waals surface area contributed by atoms with Crippen LogP contribution in [-0.2, 0) is 17.8 Å². The molecule has 0 amide bonds. The Morgan fingerprint density at radius 1 is 1.21 bits per heavy atom. The van der Waals surface area contributed by atoms with Gasteiger partial charge in [0.15, 0.2) is 0 Å². The van der Waals surface area contributed by atoms with E-state index in [-0.39, 0.29) is 0 Å². The smallest absolute Gasteiger partial charge is 0.0715 e. The van der Waals surface area contributed by atoms with Crippen molar-refractivity contribution < 1.29 is 4.74 Å². The molecule has 1 aromatic carbocycles. The highest BCUT2D eigenvalue weighted by molar-refractivity contribution is 5.30. The number of aryl methyl sites for hydroxylation is 2. The predicted molar refractivity (Wildman–Crippen MR) is 62.5 cm³/mol. The predicted octanol–water partition coefficient (Wildman–Crippen LogP) is 3.51. The summed E-state index contributed by atoms with van der Waals surface area (Å²) in [6, 6.07) is 6.53. The van der Waals surface area contributed by atoms with Crippen LogP contribution >= 0.6 is 0 Å². The quantitative estimate of drug-likeness (QED) is 0.666. The van der Waals surface area contributed by atoms with Crippen molar-refractivity contribution in [2.24, 2.45) is 0 Å². The Bertz CT molecular complexity index is 266. The zero-order valence-electron chi connectivity index (χ0n) is 9.47. The van der Waals surface area contributed by atoms with Crippen molar-refractivity contribution >= 4 is 0 Å². The molecule has 0 aliphatic carbocycles. The lowest BCUT2D eigenvalue weighted by molar-refractivity contribution is 0.184. The minimum absolute atomic E-state index is 0.727. The average molecular weight is 192 g/mol. The van der Waals surface area contributed by atoms with Crippen LogP contribution in [0.3, 0.4) is 0 Å². The molecule has 0 aliphatic heterocycles. The van der Waals surface area contributed by atoms with Crippen LogP contribution in [0.1, 0.15) is 23.6 Å². The van der Waals surface area contributed by atoms with Gasteiger partial charge in [-0.2, -0.15) is 0 Å². The summed E-state index contributed by atoms with van der Waals surface area (Å²) >= 11 is 0. The number of methoxy groups -OCH3 is 1. The van der Waals surface area contributed by atoms with Gasteiger partial charge in [-0.25, -0.2) is 0 Å². The molecule has 14 heavy (non-hydrogen) atoms. The van der Waals surface area contributed by atoms with E-state index < -0.39 is 0 Å².